The van der Waals surface area contributed by atoms with E-state index < -0.39 is 0 Å². The van der Waals surface area contributed by atoms with E-state index in [2.05, 4.69) is 0 Å². The Labute approximate surface area is 123 Å². The minimum Gasteiger partial charge on any atom is -0.872 e. The molecular weight excluding hydrogens is 268 g/mol. The van der Waals surface area contributed by atoms with Gasteiger partial charge in [-0.05, 0) is 31.4 Å². The highest BCUT2D eigenvalue weighted by molar-refractivity contribution is 5.84. The van der Waals surface area contributed by atoms with Crippen LogP contribution in [-0.2, 0) is 0 Å². The van der Waals surface area contributed by atoms with Crippen molar-refractivity contribution >= 4 is 0 Å². The SMILES string of the molecule is [O-]c1cccc2c1-c1c([O-])cccc1OCCCCCO2. The highest BCUT2D eigenvalue weighted by atomic mass is 16.5. The Morgan fingerprint density at radius 3 is 1.62 bits per heavy atom. The molecule has 110 valence electrons. The first-order chi connectivity index (χ1) is 10.3. The topological polar surface area (TPSA) is 64.6 Å². The molecule has 0 N–H and O–H groups in total. The first-order valence-electron chi connectivity index (χ1n) is 7.13. The number of benzene rings is 2. The van der Waals surface area contributed by atoms with Crippen LogP contribution in [0, 0.1) is 0 Å². The summed E-state index contributed by atoms with van der Waals surface area (Å²) >= 11 is 0. The summed E-state index contributed by atoms with van der Waals surface area (Å²) < 4.78 is 11.4. The molecule has 0 amide bonds. The summed E-state index contributed by atoms with van der Waals surface area (Å²) in [6.45, 7) is 1.07. The molecule has 1 aliphatic rings. The van der Waals surface area contributed by atoms with E-state index in [1.807, 2.05) is 0 Å². The van der Waals surface area contributed by atoms with E-state index in [0.717, 1.165) is 19.3 Å². The van der Waals surface area contributed by atoms with Crippen LogP contribution in [0.2, 0.25) is 0 Å². The van der Waals surface area contributed by atoms with Gasteiger partial charge in [0.1, 0.15) is 11.5 Å². The van der Waals surface area contributed by atoms with Gasteiger partial charge >= 0.3 is 0 Å². The molecule has 1 heterocycles. The second-order valence-corrected chi connectivity index (χ2v) is 5.02. The molecule has 0 radical (unpaired) electrons. The van der Waals surface area contributed by atoms with Crippen LogP contribution < -0.4 is 19.7 Å². The molecule has 2 aromatic rings. The van der Waals surface area contributed by atoms with Crippen molar-refractivity contribution in [2.45, 2.75) is 19.3 Å². The van der Waals surface area contributed by atoms with E-state index in [0.29, 0.717) is 35.8 Å². The average molecular weight is 284 g/mol. The van der Waals surface area contributed by atoms with Crippen molar-refractivity contribution in [3.63, 3.8) is 0 Å². The predicted molar refractivity (Wildman–Crippen MR) is 75.6 cm³/mol. The summed E-state index contributed by atoms with van der Waals surface area (Å²) in [5.74, 6) is 0.467. The standard InChI is InChI=1S/C17H18O4/c18-12-6-4-8-14-16(12)17-13(19)7-5-9-15(17)21-11-3-1-2-10-20-14/h4-9,18-19H,1-3,10-11H2/p-2. The smallest absolute Gasteiger partial charge is 0.126 e. The van der Waals surface area contributed by atoms with Crippen molar-refractivity contribution in [1.29, 1.82) is 0 Å². The van der Waals surface area contributed by atoms with Crippen LogP contribution in [0.4, 0.5) is 0 Å². The van der Waals surface area contributed by atoms with Gasteiger partial charge in [0.15, 0.2) is 0 Å². The van der Waals surface area contributed by atoms with E-state index in [1.165, 1.54) is 12.1 Å². The van der Waals surface area contributed by atoms with E-state index in [-0.39, 0.29) is 11.5 Å². The Bertz CT molecular complexity index is 581. The highest BCUT2D eigenvalue weighted by Gasteiger charge is 2.14. The van der Waals surface area contributed by atoms with Crippen LogP contribution in [0.5, 0.6) is 23.0 Å². The zero-order valence-electron chi connectivity index (χ0n) is 11.6. The molecule has 0 fully saturated rings. The largest absolute Gasteiger partial charge is 0.872 e. The number of hydrogen-bond donors (Lipinski definition) is 0. The van der Waals surface area contributed by atoms with E-state index in [9.17, 15) is 10.2 Å². The molecule has 2 aromatic carbocycles. The fraction of sp³-hybridized carbons (Fsp3) is 0.294. The third kappa shape index (κ3) is 2.75. The molecule has 0 spiro atoms. The first-order valence-corrected chi connectivity index (χ1v) is 7.13. The van der Waals surface area contributed by atoms with Crippen molar-refractivity contribution in [3.05, 3.63) is 36.4 Å². The third-order valence-corrected chi connectivity index (χ3v) is 3.53. The molecule has 0 bridgehead atoms. The van der Waals surface area contributed by atoms with Gasteiger partial charge in [0.05, 0.1) is 13.2 Å². The zero-order chi connectivity index (χ0) is 14.7. The monoisotopic (exact) mass is 284 g/mol. The Kier molecular flexibility index (Phi) is 3.86. The summed E-state index contributed by atoms with van der Waals surface area (Å²) in [7, 11) is 0. The minimum absolute atomic E-state index is 0.222. The Morgan fingerprint density at radius 2 is 1.14 bits per heavy atom. The fourth-order valence-electron chi connectivity index (χ4n) is 2.50. The van der Waals surface area contributed by atoms with Crippen LogP contribution in [0.3, 0.4) is 0 Å². The van der Waals surface area contributed by atoms with Gasteiger partial charge in [-0.3, -0.25) is 0 Å². The summed E-state index contributed by atoms with van der Waals surface area (Å²) in [4.78, 5) is 0. The van der Waals surface area contributed by atoms with Crippen molar-refractivity contribution < 1.29 is 19.7 Å². The van der Waals surface area contributed by atoms with Crippen LogP contribution >= 0.6 is 0 Å². The van der Waals surface area contributed by atoms with E-state index in [1.54, 1.807) is 24.3 Å². The Morgan fingerprint density at radius 1 is 0.667 bits per heavy atom. The molecule has 0 atom stereocenters. The maximum absolute atomic E-state index is 12.3. The molecule has 0 saturated carbocycles. The van der Waals surface area contributed by atoms with Gasteiger partial charge in [-0.2, -0.15) is 0 Å². The molecule has 0 aliphatic carbocycles. The molecule has 21 heavy (non-hydrogen) atoms. The average Bonchev–Trinajstić information content (AvgIpc) is 2.51. The normalized spacial score (nSPS) is 14.9. The minimum atomic E-state index is -0.222. The number of rotatable bonds is 0. The maximum atomic E-state index is 12.3. The lowest BCUT2D eigenvalue weighted by Crippen LogP contribution is -2.04. The number of fused-ring (bicyclic) bond motifs is 3. The molecule has 0 unspecified atom stereocenters. The quantitative estimate of drug-likeness (QED) is 0.745. The van der Waals surface area contributed by atoms with Crippen LogP contribution in [0.1, 0.15) is 19.3 Å². The van der Waals surface area contributed by atoms with Crippen molar-refractivity contribution in [2.24, 2.45) is 0 Å². The summed E-state index contributed by atoms with van der Waals surface area (Å²) in [6.07, 6.45) is 2.78. The lowest BCUT2D eigenvalue weighted by molar-refractivity contribution is -0.271. The Hall–Kier alpha value is -2.36. The van der Waals surface area contributed by atoms with Gasteiger partial charge in [0.2, 0.25) is 0 Å². The summed E-state index contributed by atoms with van der Waals surface area (Å²) in [5, 5.41) is 24.5. The van der Waals surface area contributed by atoms with Gasteiger partial charge < -0.3 is 19.7 Å². The molecule has 0 aromatic heterocycles. The highest BCUT2D eigenvalue weighted by Crippen LogP contribution is 2.45. The number of ether oxygens (including phenoxy) is 2. The summed E-state index contributed by atoms with van der Waals surface area (Å²) in [5.41, 5.74) is 0.611. The van der Waals surface area contributed by atoms with Gasteiger partial charge in [-0.1, -0.05) is 35.8 Å². The maximum Gasteiger partial charge on any atom is 0.126 e. The predicted octanol–water partition coefficient (Wildman–Crippen LogP) is 2.44. The molecule has 3 rings (SSSR count). The zero-order valence-corrected chi connectivity index (χ0v) is 11.6. The fourth-order valence-corrected chi connectivity index (χ4v) is 2.50. The van der Waals surface area contributed by atoms with Gasteiger partial charge in [0.25, 0.3) is 0 Å². The Balaban J connectivity index is 2.20. The van der Waals surface area contributed by atoms with Crippen molar-refractivity contribution in [2.75, 3.05) is 13.2 Å². The molecule has 4 heteroatoms. The molecular formula is C17H16O4-2. The van der Waals surface area contributed by atoms with Gasteiger partial charge in [0, 0.05) is 11.1 Å². The number of hydrogen-bond acceptors (Lipinski definition) is 4. The molecule has 4 nitrogen and oxygen atoms in total. The van der Waals surface area contributed by atoms with Crippen molar-refractivity contribution in [3.8, 4) is 34.1 Å². The van der Waals surface area contributed by atoms with Crippen LogP contribution in [0.15, 0.2) is 36.4 Å². The van der Waals surface area contributed by atoms with Gasteiger partial charge in [-0.25, -0.2) is 0 Å². The van der Waals surface area contributed by atoms with Crippen LogP contribution in [-0.4, -0.2) is 13.2 Å². The summed E-state index contributed by atoms with van der Waals surface area (Å²) in [6, 6.07) is 9.63. The lowest BCUT2D eigenvalue weighted by atomic mass is 10.0. The second kappa shape index (κ2) is 5.95. The lowest BCUT2D eigenvalue weighted by Gasteiger charge is -2.24. The van der Waals surface area contributed by atoms with Crippen molar-refractivity contribution in [1.82, 2.24) is 0 Å². The van der Waals surface area contributed by atoms with E-state index in [4.69, 9.17) is 9.47 Å². The second-order valence-electron chi connectivity index (χ2n) is 5.02. The third-order valence-electron chi connectivity index (χ3n) is 3.53. The molecule has 0 saturated heterocycles. The first kappa shape index (κ1) is 13.6. The molecule has 1 aliphatic heterocycles. The van der Waals surface area contributed by atoms with Crippen LogP contribution in [0.25, 0.3) is 11.1 Å². The van der Waals surface area contributed by atoms with E-state index >= 15 is 0 Å². The van der Waals surface area contributed by atoms with Gasteiger partial charge in [-0.15, -0.1) is 0 Å².